The van der Waals surface area contributed by atoms with Crippen LogP contribution in [0.15, 0.2) is 42.5 Å². The molecule has 1 saturated heterocycles. The van der Waals surface area contributed by atoms with Crippen LogP contribution in [0.3, 0.4) is 0 Å². The molecule has 0 radical (unpaired) electrons. The highest BCUT2D eigenvalue weighted by Gasteiger charge is 2.45. The van der Waals surface area contributed by atoms with E-state index in [1.165, 1.54) is 24.3 Å². The molecule has 1 aromatic carbocycles. The van der Waals surface area contributed by atoms with Crippen molar-refractivity contribution < 1.29 is 32.2 Å². The highest BCUT2D eigenvalue weighted by Crippen LogP contribution is 2.45. The van der Waals surface area contributed by atoms with Gasteiger partial charge in [0.1, 0.15) is 5.69 Å². The Bertz CT molecular complexity index is 1850. The van der Waals surface area contributed by atoms with E-state index < -0.39 is 21.2 Å². The number of aromatic nitrogens is 1. The number of hydrogen-bond acceptors (Lipinski definition) is 11. The number of nitrogens with one attached hydrogen (secondary N) is 2. The standard InChI is InChI=1S/C33H40ClN3O6S.C9H20N2O/c1-21-5-3-7-28(38)25-10-8-23(25)18-37-19-33(15-4-6-22-17-24(34)9-11-26(22)33)20-43-29-13-12-27(35-31(29)37)32(39)36-44(40,41)30(21)14-16-42-2;1-9(2,8-12-3)11-6-4-10-5-7-11/h3,7,9,11-13,17,21,23,25,30H,4-6,8,10,14-16,18-20H2,1-2H3,(H,36,39);10H,4-8H2,1-3H3/b7-3+;/t21-,23-,25+,30+,33-;/m0./s1. The van der Waals surface area contributed by atoms with Crippen LogP contribution in [0, 0.1) is 17.8 Å². The summed E-state index contributed by atoms with van der Waals surface area (Å²) in [5.41, 5.74) is 2.28. The van der Waals surface area contributed by atoms with Gasteiger partial charge in [0.05, 0.1) is 18.5 Å². The summed E-state index contributed by atoms with van der Waals surface area (Å²) in [5, 5.41) is 3.16. The Morgan fingerprint density at radius 3 is 2.59 bits per heavy atom. The van der Waals surface area contributed by atoms with Crippen LogP contribution in [0.2, 0.25) is 5.02 Å². The molecule has 3 aliphatic heterocycles. The van der Waals surface area contributed by atoms with Crippen molar-refractivity contribution in [2.24, 2.45) is 17.8 Å². The predicted octanol–water partition coefficient (Wildman–Crippen LogP) is 5.18. The monoisotopic (exact) mass is 813 g/mol. The van der Waals surface area contributed by atoms with E-state index in [4.69, 9.17) is 30.8 Å². The molecule has 14 heteroatoms. The number of fused-ring (bicyclic) bond motifs is 4. The van der Waals surface area contributed by atoms with Gasteiger partial charge in [-0.1, -0.05) is 30.7 Å². The van der Waals surface area contributed by atoms with Crippen LogP contribution in [0.5, 0.6) is 5.75 Å². The molecule has 2 N–H and O–H groups in total. The van der Waals surface area contributed by atoms with Crippen LogP contribution < -0.4 is 19.7 Å². The van der Waals surface area contributed by atoms with E-state index in [-0.39, 0.29) is 53.2 Å². The molecule has 308 valence electrons. The molecular formula is C42H60ClN5O7S. The lowest BCUT2D eigenvalue weighted by molar-refractivity contribution is -0.122. The van der Waals surface area contributed by atoms with Crippen molar-refractivity contribution in [2.45, 2.75) is 81.9 Å². The van der Waals surface area contributed by atoms with Crippen molar-refractivity contribution in [1.82, 2.24) is 19.9 Å². The van der Waals surface area contributed by atoms with Crippen molar-refractivity contribution in [3.8, 4) is 5.75 Å². The molecule has 4 heterocycles. The predicted molar refractivity (Wildman–Crippen MR) is 219 cm³/mol. The summed E-state index contributed by atoms with van der Waals surface area (Å²) in [4.78, 5) is 36.2. The number of ketones is 1. The van der Waals surface area contributed by atoms with Crippen molar-refractivity contribution in [3.63, 3.8) is 0 Å². The highest BCUT2D eigenvalue weighted by molar-refractivity contribution is 7.90. The molecule has 1 amide bonds. The number of amides is 1. The van der Waals surface area contributed by atoms with E-state index in [1.54, 1.807) is 25.3 Å². The molecule has 7 rings (SSSR count). The smallest absolute Gasteiger partial charge is 0.283 e. The van der Waals surface area contributed by atoms with Crippen molar-refractivity contribution >= 4 is 39.1 Å². The van der Waals surface area contributed by atoms with Gasteiger partial charge in [-0.05, 0) is 112 Å². The van der Waals surface area contributed by atoms with Crippen LogP contribution >= 0.6 is 11.6 Å². The Morgan fingerprint density at radius 2 is 1.88 bits per heavy atom. The molecular weight excluding hydrogens is 754 g/mol. The normalized spacial score (nSPS) is 28.6. The van der Waals surface area contributed by atoms with E-state index in [0.29, 0.717) is 42.7 Å². The van der Waals surface area contributed by atoms with Gasteiger partial charge in [-0.3, -0.25) is 14.5 Å². The summed E-state index contributed by atoms with van der Waals surface area (Å²) in [6.07, 6.45) is 8.57. The van der Waals surface area contributed by atoms with E-state index in [9.17, 15) is 18.0 Å². The summed E-state index contributed by atoms with van der Waals surface area (Å²) in [5.74, 6) is -0.00478. The number of aryl methyl sites for hydroxylation is 1. The Kier molecular flexibility index (Phi) is 13.9. The van der Waals surface area contributed by atoms with E-state index in [1.807, 2.05) is 19.1 Å². The van der Waals surface area contributed by atoms with Gasteiger partial charge in [0.2, 0.25) is 10.0 Å². The molecule has 5 aliphatic rings. The first kappa shape index (κ1) is 42.5. The first-order chi connectivity index (χ1) is 26.8. The molecule has 2 aliphatic carbocycles. The third kappa shape index (κ3) is 9.61. The number of ether oxygens (including phenoxy) is 3. The first-order valence-electron chi connectivity index (χ1n) is 20.1. The average Bonchev–Trinajstić information content (AvgIpc) is 3.30. The summed E-state index contributed by atoms with van der Waals surface area (Å²) < 4.78 is 46.2. The number of methoxy groups -OCH3 is 2. The summed E-state index contributed by atoms with van der Waals surface area (Å²) in [6, 6.07) is 9.30. The maximum atomic E-state index is 13.5. The summed E-state index contributed by atoms with van der Waals surface area (Å²) in [7, 11) is -0.808. The lowest BCUT2D eigenvalue weighted by Gasteiger charge is -2.43. The minimum atomic E-state index is -4.09. The largest absolute Gasteiger partial charge is 0.489 e. The molecule has 2 aromatic rings. The second kappa shape index (κ2) is 18.2. The first-order valence-corrected chi connectivity index (χ1v) is 22.1. The zero-order chi connectivity index (χ0) is 40.1. The molecule has 5 atom stereocenters. The lowest BCUT2D eigenvalue weighted by Crippen LogP contribution is -2.55. The van der Waals surface area contributed by atoms with Crippen LogP contribution in [-0.4, -0.2) is 114 Å². The van der Waals surface area contributed by atoms with Crippen LogP contribution in [0.4, 0.5) is 5.82 Å². The number of sulfonamides is 1. The number of benzene rings is 1. The van der Waals surface area contributed by atoms with Gasteiger partial charge in [-0.15, -0.1) is 0 Å². The molecule has 56 heavy (non-hydrogen) atoms. The molecule has 1 aromatic heterocycles. The molecule has 0 unspecified atom stereocenters. The van der Waals surface area contributed by atoms with Gasteiger partial charge < -0.3 is 24.4 Å². The maximum Gasteiger partial charge on any atom is 0.283 e. The third-order valence-electron chi connectivity index (χ3n) is 12.5. The topological polar surface area (TPSA) is 139 Å². The Hall–Kier alpha value is -3.07. The number of hydrogen-bond donors (Lipinski definition) is 2. The average molecular weight is 814 g/mol. The molecule has 1 saturated carbocycles. The van der Waals surface area contributed by atoms with Gasteiger partial charge in [0.25, 0.3) is 5.91 Å². The molecule has 2 bridgehead atoms. The number of nitrogens with zero attached hydrogens (tertiary/aromatic N) is 3. The summed E-state index contributed by atoms with van der Waals surface area (Å²) >= 11 is 6.38. The molecule has 2 fully saturated rings. The number of allylic oxidation sites excluding steroid dienone is 2. The second-order valence-corrected chi connectivity index (χ2v) is 19.2. The second-order valence-electron chi connectivity index (χ2n) is 16.9. The number of pyridine rings is 1. The number of piperazine rings is 1. The summed E-state index contributed by atoms with van der Waals surface area (Å²) in [6.45, 7) is 13.4. The number of rotatable bonds is 6. The van der Waals surface area contributed by atoms with Crippen LogP contribution in [-0.2, 0) is 36.1 Å². The quantitative estimate of drug-likeness (QED) is 0.399. The minimum Gasteiger partial charge on any atom is -0.489 e. The number of anilines is 1. The van der Waals surface area contributed by atoms with Gasteiger partial charge in [0, 0.05) is 82.0 Å². The van der Waals surface area contributed by atoms with Crippen molar-refractivity contribution in [2.75, 3.05) is 78.2 Å². The highest BCUT2D eigenvalue weighted by atomic mass is 35.5. The fourth-order valence-electron chi connectivity index (χ4n) is 9.18. The van der Waals surface area contributed by atoms with Crippen molar-refractivity contribution in [3.05, 3.63) is 64.3 Å². The number of carbonyl (C=O) groups excluding carboxylic acids is 2. The number of carbonyl (C=O) groups is 2. The Balaban J connectivity index is 0.000000380. The Labute approximate surface area is 338 Å². The SMILES string of the molecule is COCC(C)(C)N1CCNCC1.COCC[C@@H]1[C@@H](C)C/C=C/C(=O)[C@@H]2CC[C@H]2CN2C[C@@]3(CCCc4cc(Cl)ccc43)COc3ccc(nc32)C(=O)NS1(=O)=O. The van der Waals surface area contributed by atoms with Crippen LogP contribution in [0.1, 0.15) is 80.9 Å². The van der Waals surface area contributed by atoms with Gasteiger partial charge in [-0.25, -0.2) is 18.1 Å². The molecule has 12 nitrogen and oxygen atoms in total. The third-order valence-corrected chi connectivity index (χ3v) is 14.7. The zero-order valence-electron chi connectivity index (χ0n) is 33.7. The minimum absolute atomic E-state index is 0.000860. The van der Waals surface area contributed by atoms with Gasteiger partial charge in [0.15, 0.2) is 17.4 Å². The van der Waals surface area contributed by atoms with Crippen LogP contribution in [0.25, 0.3) is 0 Å². The van der Waals surface area contributed by atoms with Crippen molar-refractivity contribution in [1.29, 1.82) is 0 Å². The van der Waals surface area contributed by atoms with E-state index in [2.05, 4.69) is 39.8 Å². The Morgan fingerprint density at radius 1 is 1.09 bits per heavy atom. The fraction of sp³-hybridized carbons (Fsp3) is 0.643. The van der Waals surface area contributed by atoms with Gasteiger partial charge in [-0.2, -0.15) is 0 Å². The fourth-order valence-corrected chi connectivity index (χ4v) is 11.0. The molecule has 1 spiro atoms. The zero-order valence-corrected chi connectivity index (χ0v) is 35.2. The maximum absolute atomic E-state index is 13.5. The number of halogens is 1. The van der Waals surface area contributed by atoms with Gasteiger partial charge >= 0.3 is 0 Å². The lowest BCUT2D eigenvalue weighted by atomic mass is 9.69. The van der Waals surface area contributed by atoms with E-state index in [0.717, 1.165) is 64.9 Å². The van der Waals surface area contributed by atoms with E-state index >= 15 is 0 Å².